The molecule has 0 fully saturated rings. The summed E-state index contributed by atoms with van der Waals surface area (Å²) in [4.78, 5) is 3.91. The van der Waals surface area contributed by atoms with E-state index in [1.807, 2.05) is 0 Å². The first-order valence-electron chi connectivity index (χ1n) is 3.41. The first-order chi connectivity index (χ1) is 5.38. The molecule has 0 saturated heterocycles. The predicted molar refractivity (Wildman–Crippen MR) is 41.7 cm³/mol. The highest BCUT2D eigenvalue weighted by atomic mass is 14.6. The fraction of sp³-hybridized carbons (Fsp3) is 0.250. The lowest BCUT2D eigenvalue weighted by Crippen LogP contribution is -2.04. The maximum atomic E-state index is 8.63. The van der Waals surface area contributed by atoms with Crippen LogP contribution in [0.4, 0.5) is 0 Å². The summed E-state index contributed by atoms with van der Waals surface area (Å²) in [5.41, 5.74) is 6.95. The van der Waals surface area contributed by atoms with Crippen LogP contribution >= 0.6 is 0 Å². The molecule has 0 unspecified atom stereocenters. The number of hydrogen-bond donors (Lipinski definition) is 1. The fourth-order valence-electron chi connectivity index (χ4n) is 0.891. The Hall–Kier alpha value is -1.40. The van der Waals surface area contributed by atoms with Crippen molar-refractivity contribution in [1.29, 1.82) is 5.26 Å². The molecular formula is C8H9N3. The van der Waals surface area contributed by atoms with Gasteiger partial charge in [-0.25, -0.2) is 0 Å². The molecule has 1 heterocycles. The predicted octanol–water partition coefficient (Wildman–Crippen LogP) is 0.454. The Morgan fingerprint density at radius 1 is 1.64 bits per heavy atom. The normalized spacial score (nSPS) is 9.09. The maximum absolute atomic E-state index is 8.63. The van der Waals surface area contributed by atoms with Crippen molar-refractivity contribution in [1.82, 2.24) is 4.98 Å². The molecule has 0 aliphatic rings. The summed E-state index contributed by atoms with van der Waals surface area (Å²) in [5, 5.41) is 8.63. The van der Waals surface area contributed by atoms with Gasteiger partial charge in [0.25, 0.3) is 0 Å². The van der Waals surface area contributed by atoms with Crippen LogP contribution in [0, 0.1) is 11.3 Å². The van der Waals surface area contributed by atoms with Crippen molar-refractivity contribution in [2.45, 2.75) is 6.42 Å². The van der Waals surface area contributed by atoms with Gasteiger partial charge in [-0.05, 0) is 24.6 Å². The molecule has 0 aliphatic heterocycles. The van der Waals surface area contributed by atoms with Crippen LogP contribution in [0.5, 0.6) is 0 Å². The van der Waals surface area contributed by atoms with Gasteiger partial charge in [0.05, 0.1) is 11.6 Å². The van der Waals surface area contributed by atoms with Gasteiger partial charge in [-0.2, -0.15) is 5.26 Å². The van der Waals surface area contributed by atoms with Gasteiger partial charge in [0.15, 0.2) is 0 Å². The molecule has 0 aliphatic carbocycles. The minimum absolute atomic E-state index is 0.556. The largest absolute Gasteiger partial charge is 0.330 e. The summed E-state index contributed by atoms with van der Waals surface area (Å²) >= 11 is 0. The lowest BCUT2D eigenvalue weighted by molar-refractivity contribution is 0.954. The van der Waals surface area contributed by atoms with E-state index in [4.69, 9.17) is 11.0 Å². The molecule has 1 aromatic rings. The van der Waals surface area contributed by atoms with E-state index in [9.17, 15) is 0 Å². The van der Waals surface area contributed by atoms with Gasteiger partial charge in [-0.1, -0.05) is 0 Å². The maximum Gasteiger partial charge on any atom is 0.0995 e. The van der Waals surface area contributed by atoms with E-state index in [0.717, 1.165) is 12.0 Å². The Balaban J connectivity index is 2.95. The quantitative estimate of drug-likeness (QED) is 0.660. The third kappa shape index (κ3) is 1.76. The van der Waals surface area contributed by atoms with Crippen molar-refractivity contribution >= 4 is 0 Å². The van der Waals surface area contributed by atoms with E-state index < -0.39 is 0 Å². The number of nitrogens with two attached hydrogens (primary N) is 1. The number of pyridine rings is 1. The first kappa shape index (κ1) is 7.70. The topological polar surface area (TPSA) is 62.7 Å². The van der Waals surface area contributed by atoms with Crippen molar-refractivity contribution < 1.29 is 0 Å². The monoisotopic (exact) mass is 147 g/mol. The molecule has 0 saturated carbocycles. The van der Waals surface area contributed by atoms with Crippen LogP contribution in [0.2, 0.25) is 0 Å². The summed E-state index contributed by atoms with van der Waals surface area (Å²) in [6.07, 6.45) is 4.01. The van der Waals surface area contributed by atoms with Crippen LogP contribution < -0.4 is 5.73 Å². The second kappa shape index (κ2) is 3.69. The third-order valence-corrected chi connectivity index (χ3v) is 1.44. The van der Waals surface area contributed by atoms with Crippen molar-refractivity contribution in [3.8, 4) is 6.07 Å². The number of nitrogens with zero attached hydrogens (tertiary/aromatic N) is 2. The van der Waals surface area contributed by atoms with Crippen molar-refractivity contribution in [3.63, 3.8) is 0 Å². The third-order valence-electron chi connectivity index (χ3n) is 1.44. The number of nitriles is 1. The SMILES string of the molecule is N#Cc1ccncc1CCN. The van der Waals surface area contributed by atoms with Gasteiger partial charge < -0.3 is 5.73 Å². The zero-order valence-electron chi connectivity index (χ0n) is 6.12. The molecule has 0 radical (unpaired) electrons. The number of rotatable bonds is 2. The van der Waals surface area contributed by atoms with Crippen LogP contribution in [0.3, 0.4) is 0 Å². The highest BCUT2D eigenvalue weighted by Crippen LogP contribution is 2.04. The zero-order valence-corrected chi connectivity index (χ0v) is 6.12. The highest BCUT2D eigenvalue weighted by Gasteiger charge is 1.98. The summed E-state index contributed by atoms with van der Waals surface area (Å²) < 4.78 is 0. The zero-order chi connectivity index (χ0) is 8.10. The van der Waals surface area contributed by atoms with Crippen LogP contribution in [0.25, 0.3) is 0 Å². The smallest absolute Gasteiger partial charge is 0.0995 e. The van der Waals surface area contributed by atoms with E-state index in [-0.39, 0.29) is 0 Å². The molecule has 0 bridgehead atoms. The van der Waals surface area contributed by atoms with Gasteiger partial charge in [-0.3, -0.25) is 4.98 Å². The molecule has 3 heteroatoms. The molecule has 56 valence electrons. The molecule has 0 spiro atoms. The first-order valence-corrected chi connectivity index (χ1v) is 3.41. The average Bonchev–Trinajstić information content (AvgIpc) is 2.06. The lowest BCUT2D eigenvalue weighted by Gasteiger charge is -1.98. The van der Waals surface area contributed by atoms with E-state index in [1.165, 1.54) is 0 Å². The minimum atomic E-state index is 0.556. The summed E-state index contributed by atoms with van der Waals surface area (Å²) in [6, 6.07) is 3.78. The van der Waals surface area contributed by atoms with Gasteiger partial charge in [0.2, 0.25) is 0 Å². The van der Waals surface area contributed by atoms with Crippen LogP contribution in [-0.2, 0) is 6.42 Å². The van der Waals surface area contributed by atoms with E-state index >= 15 is 0 Å². The lowest BCUT2D eigenvalue weighted by atomic mass is 10.1. The molecular weight excluding hydrogens is 138 g/mol. The molecule has 11 heavy (non-hydrogen) atoms. The summed E-state index contributed by atoms with van der Waals surface area (Å²) in [5.74, 6) is 0. The molecule has 0 amide bonds. The number of aromatic nitrogens is 1. The van der Waals surface area contributed by atoms with E-state index in [0.29, 0.717) is 12.1 Å². The molecule has 3 nitrogen and oxygen atoms in total. The Bertz CT molecular complexity index is 275. The van der Waals surface area contributed by atoms with Crippen molar-refractivity contribution in [2.24, 2.45) is 5.73 Å². The minimum Gasteiger partial charge on any atom is -0.330 e. The Kier molecular flexibility index (Phi) is 2.59. The van der Waals surface area contributed by atoms with E-state index in [2.05, 4.69) is 11.1 Å². The van der Waals surface area contributed by atoms with Crippen LogP contribution in [0.15, 0.2) is 18.5 Å². The van der Waals surface area contributed by atoms with Gasteiger partial charge >= 0.3 is 0 Å². The molecule has 1 rings (SSSR count). The van der Waals surface area contributed by atoms with Gasteiger partial charge in [0, 0.05) is 12.4 Å². The summed E-state index contributed by atoms with van der Waals surface area (Å²) in [7, 11) is 0. The van der Waals surface area contributed by atoms with Crippen molar-refractivity contribution in [2.75, 3.05) is 6.54 Å². The Morgan fingerprint density at radius 2 is 2.45 bits per heavy atom. The second-order valence-electron chi connectivity index (χ2n) is 2.18. The van der Waals surface area contributed by atoms with Gasteiger partial charge in [0.1, 0.15) is 0 Å². The van der Waals surface area contributed by atoms with E-state index in [1.54, 1.807) is 18.5 Å². The van der Waals surface area contributed by atoms with Crippen molar-refractivity contribution in [3.05, 3.63) is 29.6 Å². The number of hydrogen-bond acceptors (Lipinski definition) is 3. The standard InChI is InChI=1S/C8H9N3/c9-3-1-8-6-11-4-2-7(8)5-10/h2,4,6H,1,3,9H2. The average molecular weight is 147 g/mol. The molecule has 0 atom stereocenters. The second-order valence-corrected chi connectivity index (χ2v) is 2.18. The molecule has 2 N–H and O–H groups in total. The fourth-order valence-corrected chi connectivity index (χ4v) is 0.891. The highest BCUT2D eigenvalue weighted by molar-refractivity contribution is 5.34. The molecule has 0 aromatic carbocycles. The summed E-state index contributed by atoms with van der Waals surface area (Å²) in [6.45, 7) is 0.556. The van der Waals surface area contributed by atoms with Gasteiger partial charge in [-0.15, -0.1) is 0 Å². The van der Waals surface area contributed by atoms with Crippen LogP contribution in [-0.4, -0.2) is 11.5 Å². The Morgan fingerprint density at radius 3 is 3.09 bits per heavy atom. The molecule has 1 aromatic heterocycles. The van der Waals surface area contributed by atoms with Crippen LogP contribution in [0.1, 0.15) is 11.1 Å². The Labute approximate surface area is 65.5 Å².